The van der Waals surface area contributed by atoms with Crippen LogP contribution in [-0.4, -0.2) is 18.1 Å². The van der Waals surface area contributed by atoms with Gasteiger partial charge < -0.3 is 5.32 Å². The highest BCUT2D eigenvalue weighted by Gasteiger charge is 2.20. The average Bonchev–Trinajstić information content (AvgIpc) is 2.72. The standard InChI is InChI=1S/C17H22N2/c1-18-16-7-3-2-5-14(11-16)15-9-8-13-6-4-10-19-17(13)12-15/h4,6,8-10,12,14,16,18H,2-3,5,7,11H2,1H3. The molecule has 1 aliphatic carbocycles. The van der Waals surface area contributed by atoms with E-state index in [0.717, 1.165) is 5.52 Å². The third-order valence-electron chi connectivity index (χ3n) is 4.43. The van der Waals surface area contributed by atoms with E-state index in [0.29, 0.717) is 12.0 Å². The van der Waals surface area contributed by atoms with Gasteiger partial charge in [0.15, 0.2) is 0 Å². The van der Waals surface area contributed by atoms with E-state index in [1.165, 1.54) is 43.1 Å². The molecule has 3 rings (SSSR count). The van der Waals surface area contributed by atoms with E-state index >= 15 is 0 Å². The summed E-state index contributed by atoms with van der Waals surface area (Å²) < 4.78 is 0. The minimum atomic E-state index is 0.673. The lowest BCUT2D eigenvalue weighted by Crippen LogP contribution is -2.25. The molecule has 0 aliphatic heterocycles. The van der Waals surface area contributed by atoms with Gasteiger partial charge in [0.1, 0.15) is 0 Å². The Morgan fingerprint density at radius 2 is 2.05 bits per heavy atom. The van der Waals surface area contributed by atoms with Crippen LogP contribution < -0.4 is 5.32 Å². The second-order valence-electron chi connectivity index (χ2n) is 5.66. The topological polar surface area (TPSA) is 24.9 Å². The molecule has 0 spiro atoms. The van der Waals surface area contributed by atoms with Crippen LogP contribution in [0.5, 0.6) is 0 Å². The van der Waals surface area contributed by atoms with Crippen molar-refractivity contribution in [3.8, 4) is 0 Å². The maximum atomic E-state index is 4.48. The van der Waals surface area contributed by atoms with Crippen molar-refractivity contribution in [2.45, 2.75) is 44.1 Å². The van der Waals surface area contributed by atoms with Gasteiger partial charge in [0.25, 0.3) is 0 Å². The molecule has 2 aromatic rings. The highest BCUT2D eigenvalue weighted by atomic mass is 14.9. The second kappa shape index (κ2) is 5.70. The van der Waals surface area contributed by atoms with Crippen LogP contribution in [0.3, 0.4) is 0 Å². The number of hydrogen-bond acceptors (Lipinski definition) is 2. The number of pyridine rings is 1. The van der Waals surface area contributed by atoms with E-state index in [-0.39, 0.29) is 0 Å². The molecule has 0 bridgehead atoms. The molecule has 0 radical (unpaired) electrons. The number of rotatable bonds is 2. The van der Waals surface area contributed by atoms with E-state index in [4.69, 9.17) is 0 Å². The number of hydrogen-bond donors (Lipinski definition) is 1. The lowest BCUT2D eigenvalue weighted by Gasteiger charge is -2.20. The van der Waals surface area contributed by atoms with Gasteiger partial charge in [-0.15, -0.1) is 0 Å². The molecule has 0 amide bonds. The van der Waals surface area contributed by atoms with Gasteiger partial charge in [-0.2, -0.15) is 0 Å². The molecule has 1 saturated carbocycles. The zero-order valence-electron chi connectivity index (χ0n) is 11.6. The van der Waals surface area contributed by atoms with Gasteiger partial charge in [-0.25, -0.2) is 0 Å². The van der Waals surface area contributed by atoms with Crippen LogP contribution in [0.4, 0.5) is 0 Å². The van der Waals surface area contributed by atoms with Gasteiger partial charge in [-0.3, -0.25) is 4.98 Å². The van der Waals surface area contributed by atoms with Gasteiger partial charge in [0.05, 0.1) is 5.52 Å². The molecular weight excluding hydrogens is 232 g/mol. The summed E-state index contributed by atoms with van der Waals surface area (Å²) in [6.45, 7) is 0. The van der Waals surface area contributed by atoms with Crippen molar-refractivity contribution in [2.24, 2.45) is 0 Å². The van der Waals surface area contributed by atoms with E-state index in [1.54, 1.807) is 0 Å². The highest BCUT2D eigenvalue weighted by molar-refractivity contribution is 5.79. The summed E-state index contributed by atoms with van der Waals surface area (Å²) in [4.78, 5) is 4.48. The van der Waals surface area contributed by atoms with Crippen molar-refractivity contribution < 1.29 is 0 Å². The predicted octanol–water partition coefficient (Wildman–Crippen LogP) is 3.87. The third-order valence-corrected chi connectivity index (χ3v) is 4.43. The summed E-state index contributed by atoms with van der Waals surface area (Å²) in [6, 6.07) is 11.6. The molecule has 100 valence electrons. The molecule has 1 N–H and O–H groups in total. The molecule has 1 aromatic carbocycles. The molecule has 1 heterocycles. The van der Waals surface area contributed by atoms with Crippen LogP contribution in [-0.2, 0) is 0 Å². The first-order valence-corrected chi connectivity index (χ1v) is 7.39. The van der Waals surface area contributed by atoms with Gasteiger partial charge in [-0.1, -0.05) is 31.0 Å². The highest BCUT2D eigenvalue weighted by Crippen LogP contribution is 2.32. The summed E-state index contributed by atoms with van der Waals surface area (Å²) >= 11 is 0. The first-order valence-electron chi connectivity index (χ1n) is 7.39. The first-order chi connectivity index (χ1) is 9.36. The fourth-order valence-electron chi connectivity index (χ4n) is 3.26. The summed E-state index contributed by atoms with van der Waals surface area (Å²) in [5.74, 6) is 0.686. The Labute approximate surface area is 115 Å². The number of benzene rings is 1. The van der Waals surface area contributed by atoms with Crippen LogP contribution in [0, 0.1) is 0 Å². The van der Waals surface area contributed by atoms with Crippen LogP contribution in [0.25, 0.3) is 10.9 Å². The van der Waals surface area contributed by atoms with Crippen molar-refractivity contribution in [3.05, 3.63) is 42.1 Å². The van der Waals surface area contributed by atoms with Crippen molar-refractivity contribution in [2.75, 3.05) is 7.05 Å². The number of nitrogens with one attached hydrogen (secondary N) is 1. The lowest BCUT2D eigenvalue weighted by molar-refractivity contribution is 0.471. The SMILES string of the molecule is CNC1CCCCC(c2ccc3cccnc3c2)C1. The Balaban J connectivity index is 1.89. The zero-order valence-corrected chi connectivity index (χ0v) is 11.6. The monoisotopic (exact) mass is 254 g/mol. The molecule has 19 heavy (non-hydrogen) atoms. The molecule has 1 fully saturated rings. The van der Waals surface area contributed by atoms with Gasteiger partial charge in [0, 0.05) is 17.6 Å². The molecule has 2 unspecified atom stereocenters. The van der Waals surface area contributed by atoms with Gasteiger partial charge in [-0.05, 0) is 49.9 Å². The average molecular weight is 254 g/mol. The van der Waals surface area contributed by atoms with Gasteiger partial charge >= 0.3 is 0 Å². The van der Waals surface area contributed by atoms with Crippen molar-refractivity contribution in [1.29, 1.82) is 0 Å². The Hall–Kier alpha value is -1.41. The van der Waals surface area contributed by atoms with E-state index in [2.05, 4.69) is 41.6 Å². The largest absolute Gasteiger partial charge is 0.317 e. The van der Waals surface area contributed by atoms with Crippen molar-refractivity contribution in [3.63, 3.8) is 0 Å². The zero-order chi connectivity index (χ0) is 13.1. The molecular formula is C17H22N2. The molecule has 2 heteroatoms. The van der Waals surface area contributed by atoms with E-state index in [9.17, 15) is 0 Å². The van der Waals surface area contributed by atoms with Crippen molar-refractivity contribution >= 4 is 10.9 Å². The van der Waals surface area contributed by atoms with Crippen LogP contribution in [0.1, 0.15) is 43.6 Å². The minimum Gasteiger partial charge on any atom is -0.317 e. The maximum absolute atomic E-state index is 4.48. The predicted molar refractivity (Wildman–Crippen MR) is 80.4 cm³/mol. The maximum Gasteiger partial charge on any atom is 0.0704 e. The molecule has 1 aliphatic rings. The lowest BCUT2D eigenvalue weighted by atomic mass is 9.90. The molecule has 1 aromatic heterocycles. The van der Waals surface area contributed by atoms with Crippen LogP contribution >= 0.6 is 0 Å². The molecule has 2 atom stereocenters. The summed E-state index contributed by atoms with van der Waals surface area (Å²) in [5, 5.41) is 4.71. The Bertz CT molecular complexity index is 550. The molecule has 0 saturated heterocycles. The van der Waals surface area contributed by atoms with Crippen LogP contribution in [0.15, 0.2) is 36.5 Å². The smallest absolute Gasteiger partial charge is 0.0704 e. The molecule has 2 nitrogen and oxygen atoms in total. The van der Waals surface area contributed by atoms with E-state index < -0.39 is 0 Å². The van der Waals surface area contributed by atoms with E-state index in [1.807, 2.05) is 12.3 Å². The normalized spacial score (nSPS) is 24.3. The number of fused-ring (bicyclic) bond motifs is 1. The number of nitrogens with zero attached hydrogens (tertiary/aromatic N) is 1. The third kappa shape index (κ3) is 2.79. The van der Waals surface area contributed by atoms with Crippen LogP contribution in [0.2, 0.25) is 0 Å². The Morgan fingerprint density at radius 1 is 1.16 bits per heavy atom. The second-order valence-corrected chi connectivity index (χ2v) is 5.66. The fourth-order valence-corrected chi connectivity index (χ4v) is 3.26. The fraction of sp³-hybridized carbons (Fsp3) is 0.471. The Kier molecular flexibility index (Phi) is 3.79. The summed E-state index contributed by atoms with van der Waals surface area (Å²) in [5.41, 5.74) is 2.60. The Morgan fingerprint density at radius 3 is 2.95 bits per heavy atom. The summed E-state index contributed by atoms with van der Waals surface area (Å²) in [6.07, 6.45) is 8.48. The first kappa shape index (κ1) is 12.6. The quantitative estimate of drug-likeness (QED) is 0.823. The van der Waals surface area contributed by atoms with Gasteiger partial charge in [0.2, 0.25) is 0 Å². The number of aromatic nitrogens is 1. The van der Waals surface area contributed by atoms with Crippen molar-refractivity contribution in [1.82, 2.24) is 10.3 Å². The summed E-state index contributed by atoms with van der Waals surface area (Å²) in [7, 11) is 2.09. The minimum absolute atomic E-state index is 0.673.